The molecule has 2 heterocycles. The normalized spacial score (nSPS) is 15.2. The molecule has 0 spiro atoms. The summed E-state index contributed by atoms with van der Waals surface area (Å²) in [5, 5.41) is 6.73. The van der Waals surface area contributed by atoms with Crippen molar-refractivity contribution >= 4 is 29.9 Å². The van der Waals surface area contributed by atoms with Gasteiger partial charge in [0.1, 0.15) is 0 Å². The zero-order chi connectivity index (χ0) is 20.2. The van der Waals surface area contributed by atoms with Gasteiger partial charge in [-0.1, -0.05) is 43.2 Å². The van der Waals surface area contributed by atoms with E-state index in [1.165, 1.54) is 49.9 Å². The lowest BCUT2D eigenvalue weighted by Gasteiger charge is -2.19. The number of nitrogens with one attached hydrogen (secondary N) is 2. The number of hydrogen-bond donors (Lipinski definition) is 2. The van der Waals surface area contributed by atoms with Gasteiger partial charge in [0.2, 0.25) is 0 Å². The van der Waals surface area contributed by atoms with Gasteiger partial charge in [-0.15, -0.1) is 24.0 Å². The number of halogens is 1. The van der Waals surface area contributed by atoms with Crippen molar-refractivity contribution in [3.63, 3.8) is 0 Å². The van der Waals surface area contributed by atoms with Crippen molar-refractivity contribution in [2.75, 3.05) is 26.2 Å². The standard InChI is InChI=1S/C24H35N5.HI/c1-2-25-24(27-16-14-23-9-5-6-15-26-23)28-19-21-10-12-22(13-11-21)20-29-17-7-3-4-8-18-29;/h5-6,9-13,15H,2-4,7-8,14,16-20H2,1H3,(H2,25,27,28);1H. The smallest absolute Gasteiger partial charge is 0.191 e. The van der Waals surface area contributed by atoms with Gasteiger partial charge >= 0.3 is 0 Å². The summed E-state index contributed by atoms with van der Waals surface area (Å²) >= 11 is 0. The molecular weight excluding hydrogens is 485 g/mol. The minimum Gasteiger partial charge on any atom is -0.357 e. The number of guanidine groups is 1. The number of pyridine rings is 1. The van der Waals surface area contributed by atoms with Crippen LogP contribution in [0.1, 0.15) is 49.4 Å². The fraction of sp³-hybridized carbons (Fsp3) is 0.500. The summed E-state index contributed by atoms with van der Waals surface area (Å²) in [4.78, 5) is 11.7. The molecule has 0 bridgehead atoms. The van der Waals surface area contributed by atoms with E-state index in [1.54, 1.807) is 0 Å². The van der Waals surface area contributed by atoms with Crippen LogP contribution < -0.4 is 10.6 Å². The van der Waals surface area contributed by atoms with Gasteiger partial charge < -0.3 is 10.6 Å². The van der Waals surface area contributed by atoms with Crippen molar-refractivity contribution in [3.8, 4) is 0 Å². The lowest BCUT2D eigenvalue weighted by Crippen LogP contribution is -2.38. The van der Waals surface area contributed by atoms with E-state index in [0.29, 0.717) is 6.54 Å². The average Bonchev–Trinajstić information content (AvgIpc) is 3.02. The van der Waals surface area contributed by atoms with E-state index in [-0.39, 0.29) is 24.0 Å². The molecule has 0 radical (unpaired) electrons. The first kappa shape index (κ1) is 24.6. The summed E-state index contributed by atoms with van der Waals surface area (Å²) in [6, 6.07) is 15.0. The number of benzene rings is 1. The third-order valence-electron chi connectivity index (χ3n) is 5.29. The van der Waals surface area contributed by atoms with Crippen molar-refractivity contribution in [1.29, 1.82) is 0 Å². The maximum Gasteiger partial charge on any atom is 0.191 e. The second kappa shape index (κ2) is 14.4. The Bertz CT molecular complexity index is 725. The molecule has 30 heavy (non-hydrogen) atoms. The third-order valence-corrected chi connectivity index (χ3v) is 5.29. The molecule has 3 rings (SSSR count). The molecule has 2 N–H and O–H groups in total. The van der Waals surface area contributed by atoms with Crippen molar-refractivity contribution < 1.29 is 0 Å². The predicted molar refractivity (Wildman–Crippen MR) is 136 cm³/mol. The van der Waals surface area contributed by atoms with Crippen LogP contribution in [-0.4, -0.2) is 42.0 Å². The van der Waals surface area contributed by atoms with Crippen LogP contribution in [0.4, 0.5) is 0 Å². The minimum absolute atomic E-state index is 0. The second-order valence-electron chi connectivity index (χ2n) is 7.70. The summed E-state index contributed by atoms with van der Waals surface area (Å²) in [7, 11) is 0. The Balaban J connectivity index is 0.00000320. The Morgan fingerprint density at radius 3 is 2.37 bits per heavy atom. The van der Waals surface area contributed by atoms with Crippen LogP contribution in [0.3, 0.4) is 0 Å². The van der Waals surface area contributed by atoms with Crippen molar-refractivity contribution in [3.05, 3.63) is 65.5 Å². The number of aliphatic imine (C=N–C) groups is 1. The van der Waals surface area contributed by atoms with E-state index < -0.39 is 0 Å². The summed E-state index contributed by atoms with van der Waals surface area (Å²) in [6.45, 7) is 7.99. The van der Waals surface area contributed by atoms with Crippen LogP contribution in [-0.2, 0) is 19.5 Å². The first-order chi connectivity index (χ1) is 14.3. The lowest BCUT2D eigenvalue weighted by atomic mass is 10.1. The molecule has 1 aromatic carbocycles. The SMILES string of the molecule is CCNC(=NCc1ccc(CN2CCCCCC2)cc1)NCCc1ccccn1.I. The molecule has 164 valence electrons. The van der Waals surface area contributed by atoms with Gasteiger partial charge in [0, 0.05) is 37.9 Å². The first-order valence-corrected chi connectivity index (χ1v) is 11.1. The topological polar surface area (TPSA) is 52.6 Å². The molecule has 1 aliphatic heterocycles. The average molecular weight is 521 g/mol. The monoisotopic (exact) mass is 521 g/mol. The quantitative estimate of drug-likeness (QED) is 0.308. The first-order valence-electron chi connectivity index (χ1n) is 11.1. The Hall–Kier alpha value is -1.67. The summed E-state index contributed by atoms with van der Waals surface area (Å²) in [5.74, 6) is 0.858. The van der Waals surface area contributed by atoms with E-state index in [2.05, 4.69) is 57.8 Å². The van der Waals surface area contributed by atoms with Gasteiger partial charge in [-0.25, -0.2) is 4.99 Å². The highest BCUT2D eigenvalue weighted by atomic mass is 127. The number of hydrogen-bond acceptors (Lipinski definition) is 3. The molecule has 6 heteroatoms. The van der Waals surface area contributed by atoms with Gasteiger partial charge in [-0.05, 0) is 56.1 Å². The van der Waals surface area contributed by atoms with Crippen molar-refractivity contribution in [2.24, 2.45) is 4.99 Å². The number of aromatic nitrogens is 1. The fourth-order valence-electron chi connectivity index (χ4n) is 3.67. The molecular formula is C24H36IN5. The third kappa shape index (κ3) is 9.00. The van der Waals surface area contributed by atoms with Crippen LogP contribution in [0, 0.1) is 0 Å². The molecule has 2 aromatic rings. The molecule has 1 aromatic heterocycles. The van der Waals surface area contributed by atoms with E-state index in [1.807, 2.05) is 18.3 Å². The number of nitrogens with zero attached hydrogens (tertiary/aromatic N) is 3. The highest BCUT2D eigenvalue weighted by Gasteiger charge is 2.09. The van der Waals surface area contributed by atoms with Gasteiger partial charge in [0.25, 0.3) is 0 Å². The van der Waals surface area contributed by atoms with Crippen molar-refractivity contribution in [2.45, 2.75) is 52.1 Å². The fourth-order valence-corrected chi connectivity index (χ4v) is 3.67. The largest absolute Gasteiger partial charge is 0.357 e. The molecule has 0 aliphatic carbocycles. The van der Waals surface area contributed by atoms with Crippen LogP contribution in [0.25, 0.3) is 0 Å². The molecule has 0 saturated carbocycles. The zero-order valence-electron chi connectivity index (χ0n) is 18.1. The molecule has 0 unspecified atom stereocenters. The maximum absolute atomic E-state index is 4.74. The van der Waals surface area contributed by atoms with Crippen molar-refractivity contribution in [1.82, 2.24) is 20.5 Å². The summed E-state index contributed by atoms with van der Waals surface area (Å²) in [6.07, 6.45) is 8.18. The van der Waals surface area contributed by atoms with Crippen LogP contribution in [0.2, 0.25) is 0 Å². The van der Waals surface area contributed by atoms with Crippen LogP contribution in [0.15, 0.2) is 53.7 Å². The van der Waals surface area contributed by atoms with Gasteiger partial charge in [-0.3, -0.25) is 9.88 Å². The zero-order valence-corrected chi connectivity index (χ0v) is 20.5. The summed E-state index contributed by atoms with van der Waals surface area (Å²) in [5.41, 5.74) is 3.74. The van der Waals surface area contributed by atoms with Gasteiger partial charge in [-0.2, -0.15) is 0 Å². The summed E-state index contributed by atoms with van der Waals surface area (Å²) < 4.78 is 0. The Morgan fingerprint density at radius 1 is 0.967 bits per heavy atom. The molecule has 5 nitrogen and oxygen atoms in total. The van der Waals surface area contributed by atoms with E-state index in [9.17, 15) is 0 Å². The lowest BCUT2D eigenvalue weighted by molar-refractivity contribution is 0.277. The number of likely N-dealkylation sites (tertiary alicyclic amines) is 1. The number of rotatable bonds is 8. The molecule has 1 aliphatic rings. The van der Waals surface area contributed by atoms with Crippen LogP contribution in [0.5, 0.6) is 0 Å². The second-order valence-corrected chi connectivity index (χ2v) is 7.70. The Labute approximate surface area is 198 Å². The Morgan fingerprint density at radius 2 is 1.70 bits per heavy atom. The maximum atomic E-state index is 4.74. The van der Waals surface area contributed by atoms with Gasteiger partial charge in [0.15, 0.2) is 5.96 Å². The highest BCUT2D eigenvalue weighted by molar-refractivity contribution is 14.0. The highest BCUT2D eigenvalue weighted by Crippen LogP contribution is 2.14. The van der Waals surface area contributed by atoms with E-state index in [0.717, 1.165) is 37.7 Å². The van der Waals surface area contributed by atoms with E-state index in [4.69, 9.17) is 4.99 Å². The van der Waals surface area contributed by atoms with E-state index >= 15 is 0 Å². The molecule has 0 amide bonds. The molecule has 0 atom stereocenters. The minimum atomic E-state index is 0. The molecule has 1 fully saturated rings. The van der Waals surface area contributed by atoms with Crippen LogP contribution >= 0.6 is 24.0 Å². The Kier molecular flexibility index (Phi) is 11.8. The predicted octanol–water partition coefficient (Wildman–Crippen LogP) is 4.37. The molecule has 1 saturated heterocycles. The van der Waals surface area contributed by atoms with Gasteiger partial charge in [0.05, 0.1) is 6.54 Å².